The number of benzene rings is 1. The van der Waals surface area contributed by atoms with Gasteiger partial charge in [0.25, 0.3) is 0 Å². The van der Waals surface area contributed by atoms with Gasteiger partial charge in [-0.3, -0.25) is 4.79 Å². The molecule has 1 amide bonds. The van der Waals surface area contributed by atoms with Crippen LogP contribution in [0, 0.1) is 0 Å². The molecule has 0 radical (unpaired) electrons. The van der Waals surface area contributed by atoms with Gasteiger partial charge in [0, 0.05) is 19.0 Å². The lowest BCUT2D eigenvalue weighted by atomic mass is 10.3. The van der Waals surface area contributed by atoms with Crippen molar-refractivity contribution >= 4 is 15.7 Å². The van der Waals surface area contributed by atoms with Gasteiger partial charge in [0.1, 0.15) is 0 Å². The second-order valence-corrected chi connectivity index (χ2v) is 6.54. The predicted octanol–water partition coefficient (Wildman–Crippen LogP) is 1.39. The Hall–Kier alpha value is -1.76. The van der Waals surface area contributed by atoms with Gasteiger partial charge in [0.2, 0.25) is 5.91 Å². The number of hydrogen-bond donors (Lipinski definition) is 1. The first-order chi connectivity index (χ1) is 9.94. The van der Waals surface area contributed by atoms with E-state index in [1.807, 2.05) is 6.92 Å². The van der Waals surface area contributed by atoms with Crippen LogP contribution in [0.5, 0.6) is 11.5 Å². The smallest absolute Gasteiger partial charge is 0.220 e. The third-order valence-corrected chi connectivity index (χ3v) is 4.60. The normalized spacial score (nSPS) is 11.0. The molecule has 0 saturated heterocycles. The molecule has 0 atom stereocenters. The van der Waals surface area contributed by atoms with E-state index in [0.717, 1.165) is 6.42 Å². The summed E-state index contributed by atoms with van der Waals surface area (Å²) in [6.07, 6.45) is 1.13. The average molecular weight is 315 g/mol. The number of hydrogen-bond acceptors (Lipinski definition) is 5. The van der Waals surface area contributed by atoms with Crippen molar-refractivity contribution in [2.24, 2.45) is 0 Å². The molecule has 0 bridgehead atoms. The number of rotatable bonds is 8. The van der Waals surface area contributed by atoms with Crippen LogP contribution in [-0.2, 0) is 14.6 Å². The maximum Gasteiger partial charge on any atom is 0.220 e. The summed E-state index contributed by atoms with van der Waals surface area (Å²) < 4.78 is 34.5. The molecule has 21 heavy (non-hydrogen) atoms. The van der Waals surface area contributed by atoms with Gasteiger partial charge < -0.3 is 14.8 Å². The Bertz CT molecular complexity index is 583. The van der Waals surface area contributed by atoms with Crippen LogP contribution in [0.4, 0.5) is 0 Å². The van der Waals surface area contributed by atoms with Crippen molar-refractivity contribution in [3.63, 3.8) is 0 Å². The van der Waals surface area contributed by atoms with Crippen LogP contribution in [-0.4, -0.2) is 40.8 Å². The lowest BCUT2D eigenvalue weighted by molar-refractivity contribution is -0.120. The Morgan fingerprint density at radius 2 is 1.86 bits per heavy atom. The summed E-state index contributed by atoms with van der Waals surface area (Å²) in [4.78, 5) is 11.5. The van der Waals surface area contributed by atoms with Crippen molar-refractivity contribution in [3.05, 3.63) is 18.2 Å². The van der Waals surface area contributed by atoms with Crippen LogP contribution in [0.15, 0.2) is 23.1 Å². The van der Waals surface area contributed by atoms with E-state index in [1.54, 1.807) is 6.07 Å². The lowest BCUT2D eigenvalue weighted by Gasteiger charge is -2.10. The molecular formula is C14H21NO5S. The number of carbonyl (C=O) groups excluding carboxylic acids is 1. The van der Waals surface area contributed by atoms with Crippen LogP contribution in [0.2, 0.25) is 0 Å². The number of nitrogens with one attached hydrogen (secondary N) is 1. The van der Waals surface area contributed by atoms with E-state index in [2.05, 4.69) is 5.32 Å². The van der Waals surface area contributed by atoms with Gasteiger partial charge in [-0.2, -0.15) is 0 Å². The zero-order chi connectivity index (χ0) is 15.9. The molecule has 118 valence electrons. The summed E-state index contributed by atoms with van der Waals surface area (Å²) in [6.45, 7) is 1.98. The largest absolute Gasteiger partial charge is 0.493 e. The number of methoxy groups -OCH3 is 2. The summed E-state index contributed by atoms with van der Waals surface area (Å²) in [6, 6.07) is 4.42. The first-order valence-electron chi connectivity index (χ1n) is 6.66. The molecule has 6 nitrogen and oxygen atoms in total. The minimum atomic E-state index is -3.48. The monoisotopic (exact) mass is 315 g/mol. The van der Waals surface area contributed by atoms with Crippen molar-refractivity contribution in [3.8, 4) is 11.5 Å². The van der Waals surface area contributed by atoms with Crippen LogP contribution in [0.1, 0.15) is 19.8 Å². The maximum atomic E-state index is 12.2. The highest BCUT2D eigenvalue weighted by Crippen LogP contribution is 2.29. The van der Waals surface area contributed by atoms with Crippen molar-refractivity contribution in [1.82, 2.24) is 5.32 Å². The molecule has 0 aliphatic heterocycles. The van der Waals surface area contributed by atoms with E-state index in [1.165, 1.54) is 26.4 Å². The van der Waals surface area contributed by atoms with E-state index >= 15 is 0 Å². The molecule has 1 aromatic rings. The zero-order valence-electron chi connectivity index (χ0n) is 12.5. The standard InChI is InChI=1S/C14H21NO5S/c1-4-5-14(16)15-8-9-21(17,18)11-6-7-12(19-2)13(10-11)20-3/h6-7,10H,4-5,8-9H2,1-3H3,(H,15,16). The number of ether oxygens (including phenoxy) is 2. The highest BCUT2D eigenvalue weighted by atomic mass is 32.2. The highest BCUT2D eigenvalue weighted by Gasteiger charge is 2.17. The second kappa shape index (κ2) is 7.87. The van der Waals surface area contributed by atoms with Crippen molar-refractivity contribution in [2.75, 3.05) is 26.5 Å². The Kier molecular flexibility index (Phi) is 6.48. The number of amides is 1. The molecule has 0 spiro atoms. The quantitative estimate of drug-likeness (QED) is 0.784. The fourth-order valence-electron chi connectivity index (χ4n) is 1.77. The topological polar surface area (TPSA) is 81.7 Å². The fraction of sp³-hybridized carbons (Fsp3) is 0.500. The molecule has 1 N–H and O–H groups in total. The Morgan fingerprint density at radius 1 is 1.19 bits per heavy atom. The van der Waals surface area contributed by atoms with Gasteiger partial charge in [-0.25, -0.2) is 8.42 Å². The first-order valence-corrected chi connectivity index (χ1v) is 8.31. The van der Waals surface area contributed by atoms with Crippen LogP contribution in [0.3, 0.4) is 0 Å². The van der Waals surface area contributed by atoms with Gasteiger partial charge in [0.15, 0.2) is 21.3 Å². The first kappa shape index (κ1) is 17.3. The summed E-state index contributed by atoms with van der Waals surface area (Å²) >= 11 is 0. The van der Waals surface area contributed by atoms with E-state index in [-0.39, 0.29) is 23.1 Å². The third-order valence-electron chi connectivity index (χ3n) is 2.88. The van der Waals surface area contributed by atoms with Gasteiger partial charge in [-0.05, 0) is 18.6 Å². The molecule has 0 heterocycles. The van der Waals surface area contributed by atoms with Crippen molar-refractivity contribution in [2.45, 2.75) is 24.7 Å². The molecule has 0 fully saturated rings. The summed E-state index contributed by atoms with van der Waals surface area (Å²) in [7, 11) is -0.554. The minimum Gasteiger partial charge on any atom is -0.493 e. The highest BCUT2D eigenvalue weighted by molar-refractivity contribution is 7.91. The SMILES string of the molecule is CCCC(=O)NCCS(=O)(=O)c1ccc(OC)c(OC)c1. The lowest BCUT2D eigenvalue weighted by Crippen LogP contribution is -2.28. The fourth-order valence-corrected chi connectivity index (χ4v) is 2.94. The summed E-state index contributed by atoms with van der Waals surface area (Å²) in [5.74, 6) is 0.527. The van der Waals surface area contributed by atoms with Crippen LogP contribution in [0.25, 0.3) is 0 Å². The minimum absolute atomic E-state index is 0.0928. The molecule has 7 heteroatoms. The van der Waals surface area contributed by atoms with Crippen LogP contribution >= 0.6 is 0 Å². The van der Waals surface area contributed by atoms with E-state index in [9.17, 15) is 13.2 Å². The van der Waals surface area contributed by atoms with Crippen molar-refractivity contribution < 1.29 is 22.7 Å². The van der Waals surface area contributed by atoms with Crippen LogP contribution < -0.4 is 14.8 Å². The molecule has 0 saturated carbocycles. The Morgan fingerprint density at radius 3 is 2.43 bits per heavy atom. The zero-order valence-corrected chi connectivity index (χ0v) is 13.3. The molecule has 1 rings (SSSR count). The van der Waals surface area contributed by atoms with Gasteiger partial charge in [0.05, 0.1) is 24.9 Å². The Balaban J connectivity index is 2.76. The van der Waals surface area contributed by atoms with E-state index < -0.39 is 9.84 Å². The van der Waals surface area contributed by atoms with Gasteiger partial charge in [-0.15, -0.1) is 0 Å². The molecule has 0 unspecified atom stereocenters. The van der Waals surface area contributed by atoms with Gasteiger partial charge >= 0.3 is 0 Å². The maximum absolute atomic E-state index is 12.2. The third kappa shape index (κ3) is 4.93. The second-order valence-electron chi connectivity index (χ2n) is 4.44. The summed E-state index contributed by atoms with van der Waals surface area (Å²) in [5, 5.41) is 2.59. The molecular weight excluding hydrogens is 294 g/mol. The predicted molar refractivity (Wildman–Crippen MR) is 79.5 cm³/mol. The number of carbonyl (C=O) groups is 1. The van der Waals surface area contributed by atoms with Crippen molar-refractivity contribution in [1.29, 1.82) is 0 Å². The average Bonchev–Trinajstić information content (AvgIpc) is 2.46. The van der Waals surface area contributed by atoms with E-state index in [4.69, 9.17) is 9.47 Å². The summed E-state index contributed by atoms with van der Waals surface area (Å²) in [5.41, 5.74) is 0. The van der Waals surface area contributed by atoms with Gasteiger partial charge in [-0.1, -0.05) is 6.92 Å². The number of sulfone groups is 1. The molecule has 0 aliphatic rings. The molecule has 0 aliphatic carbocycles. The molecule has 1 aromatic carbocycles. The molecule has 0 aromatic heterocycles. The Labute approximate surface area is 125 Å². The van der Waals surface area contributed by atoms with E-state index in [0.29, 0.717) is 17.9 Å².